The molecule has 0 radical (unpaired) electrons. The van der Waals surface area contributed by atoms with E-state index in [-0.39, 0.29) is 17.5 Å². The third-order valence-corrected chi connectivity index (χ3v) is 3.49. The van der Waals surface area contributed by atoms with Gasteiger partial charge < -0.3 is 5.32 Å². The Bertz CT molecular complexity index is 510. The normalized spacial score (nSPS) is 12.1. The zero-order valence-electron chi connectivity index (χ0n) is 9.31. The van der Waals surface area contributed by atoms with Crippen molar-refractivity contribution < 1.29 is 9.18 Å². The van der Waals surface area contributed by atoms with E-state index in [1.807, 2.05) is 24.4 Å². The minimum absolute atomic E-state index is 0.0795. The molecule has 0 spiro atoms. The van der Waals surface area contributed by atoms with Crippen LogP contribution in [0.2, 0.25) is 0 Å². The molecular weight excluding hydrogens is 237 g/mol. The predicted molar refractivity (Wildman–Crippen MR) is 66.6 cm³/mol. The van der Waals surface area contributed by atoms with Gasteiger partial charge in [-0.05, 0) is 30.5 Å². The molecule has 1 atom stereocenters. The number of amides is 1. The van der Waals surface area contributed by atoms with Gasteiger partial charge in [-0.1, -0.05) is 18.2 Å². The second-order valence-corrected chi connectivity index (χ2v) is 4.67. The summed E-state index contributed by atoms with van der Waals surface area (Å²) in [6.07, 6.45) is 0. The maximum Gasteiger partial charge on any atom is 0.254 e. The lowest BCUT2D eigenvalue weighted by atomic mass is 10.2. The second kappa shape index (κ2) is 5.10. The lowest BCUT2D eigenvalue weighted by Gasteiger charge is -2.12. The highest BCUT2D eigenvalue weighted by molar-refractivity contribution is 7.10. The van der Waals surface area contributed by atoms with Crippen LogP contribution in [-0.2, 0) is 0 Å². The molecule has 2 nitrogen and oxygen atoms in total. The summed E-state index contributed by atoms with van der Waals surface area (Å²) >= 11 is 1.56. The lowest BCUT2D eigenvalue weighted by molar-refractivity contribution is 0.0936. The van der Waals surface area contributed by atoms with Crippen molar-refractivity contribution >= 4 is 17.2 Å². The summed E-state index contributed by atoms with van der Waals surface area (Å²) in [7, 11) is 0. The Balaban J connectivity index is 2.10. The number of benzene rings is 1. The molecule has 1 unspecified atom stereocenters. The molecule has 0 aliphatic heterocycles. The van der Waals surface area contributed by atoms with Gasteiger partial charge in [-0.3, -0.25) is 4.79 Å². The first kappa shape index (κ1) is 11.8. The largest absolute Gasteiger partial charge is 0.345 e. The van der Waals surface area contributed by atoms with Crippen molar-refractivity contribution in [2.75, 3.05) is 0 Å². The number of thiophene rings is 1. The van der Waals surface area contributed by atoms with Crippen LogP contribution >= 0.6 is 11.3 Å². The Morgan fingerprint density at radius 2 is 2.06 bits per heavy atom. The van der Waals surface area contributed by atoms with Gasteiger partial charge in [0.05, 0.1) is 11.6 Å². The highest BCUT2D eigenvalue weighted by Crippen LogP contribution is 2.19. The van der Waals surface area contributed by atoms with Crippen LogP contribution in [0.25, 0.3) is 0 Å². The minimum atomic E-state index is -0.497. The smallest absolute Gasteiger partial charge is 0.254 e. The van der Waals surface area contributed by atoms with Crippen molar-refractivity contribution in [1.29, 1.82) is 0 Å². The van der Waals surface area contributed by atoms with Crippen LogP contribution in [-0.4, -0.2) is 5.91 Å². The summed E-state index contributed by atoms with van der Waals surface area (Å²) in [6.45, 7) is 1.88. The molecule has 2 aromatic rings. The lowest BCUT2D eigenvalue weighted by Crippen LogP contribution is -2.26. The number of hydrogen-bond donors (Lipinski definition) is 1. The SMILES string of the molecule is CC(NC(=O)c1ccccc1F)c1cccs1. The standard InChI is InChI=1S/C13H12FNOS/c1-9(12-7-4-8-17-12)15-13(16)10-5-2-3-6-11(10)14/h2-9H,1H3,(H,15,16). The van der Waals surface area contributed by atoms with Gasteiger partial charge in [0.2, 0.25) is 0 Å². The first-order valence-corrected chi connectivity index (χ1v) is 6.15. The number of carbonyl (C=O) groups is 1. The van der Waals surface area contributed by atoms with Gasteiger partial charge in [0.15, 0.2) is 0 Å². The van der Waals surface area contributed by atoms with Crippen molar-refractivity contribution in [3.05, 3.63) is 58.0 Å². The molecule has 1 amide bonds. The maximum atomic E-state index is 13.4. The summed E-state index contributed by atoms with van der Waals surface area (Å²) in [5.41, 5.74) is 0.0795. The quantitative estimate of drug-likeness (QED) is 0.887. The molecule has 1 heterocycles. The van der Waals surface area contributed by atoms with Gasteiger partial charge >= 0.3 is 0 Å². The molecule has 88 valence electrons. The zero-order chi connectivity index (χ0) is 12.3. The first-order valence-electron chi connectivity index (χ1n) is 5.27. The molecule has 1 aromatic carbocycles. The van der Waals surface area contributed by atoms with Crippen LogP contribution in [0.15, 0.2) is 41.8 Å². The highest BCUT2D eigenvalue weighted by Gasteiger charge is 2.14. The molecule has 17 heavy (non-hydrogen) atoms. The highest BCUT2D eigenvalue weighted by atomic mass is 32.1. The van der Waals surface area contributed by atoms with Gasteiger partial charge in [0.25, 0.3) is 5.91 Å². The number of rotatable bonds is 3. The summed E-state index contributed by atoms with van der Waals surface area (Å²) in [5.74, 6) is -0.882. The molecule has 0 saturated heterocycles. The fraction of sp³-hybridized carbons (Fsp3) is 0.154. The van der Waals surface area contributed by atoms with E-state index < -0.39 is 5.82 Å². The van der Waals surface area contributed by atoms with E-state index in [1.165, 1.54) is 12.1 Å². The number of halogens is 1. The van der Waals surface area contributed by atoms with Crippen LogP contribution in [0.3, 0.4) is 0 Å². The maximum absolute atomic E-state index is 13.4. The monoisotopic (exact) mass is 249 g/mol. The van der Waals surface area contributed by atoms with Gasteiger partial charge in [-0.15, -0.1) is 11.3 Å². The molecule has 2 rings (SSSR count). The molecule has 0 fully saturated rings. The van der Waals surface area contributed by atoms with Crippen LogP contribution in [0.5, 0.6) is 0 Å². The van der Waals surface area contributed by atoms with Gasteiger partial charge in [0, 0.05) is 4.88 Å². The number of hydrogen-bond acceptors (Lipinski definition) is 2. The van der Waals surface area contributed by atoms with Crippen LogP contribution in [0, 0.1) is 5.82 Å². The average molecular weight is 249 g/mol. The fourth-order valence-electron chi connectivity index (χ4n) is 1.53. The molecule has 4 heteroatoms. The van der Waals surface area contributed by atoms with E-state index in [4.69, 9.17) is 0 Å². The summed E-state index contributed by atoms with van der Waals surface area (Å²) in [4.78, 5) is 12.9. The minimum Gasteiger partial charge on any atom is -0.345 e. The molecule has 1 N–H and O–H groups in total. The number of nitrogens with one attached hydrogen (secondary N) is 1. The Kier molecular flexibility index (Phi) is 3.54. The van der Waals surface area contributed by atoms with E-state index >= 15 is 0 Å². The van der Waals surface area contributed by atoms with Crippen molar-refractivity contribution in [3.8, 4) is 0 Å². The van der Waals surface area contributed by atoms with Crippen LogP contribution in [0.4, 0.5) is 4.39 Å². The van der Waals surface area contributed by atoms with Crippen LogP contribution in [0.1, 0.15) is 28.2 Å². The first-order chi connectivity index (χ1) is 8.18. The van der Waals surface area contributed by atoms with Gasteiger partial charge in [-0.25, -0.2) is 4.39 Å². The molecule has 0 saturated carbocycles. The Morgan fingerprint density at radius 1 is 1.29 bits per heavy atom. The predicted octanol–water partition coefficient (Wildman–Crippen LogP) is 3.38. The van der Waals surface area contributed by atoms with Crippen LogP contribution < -0.4 is 5.32 Å². The molecular formula is C13H12FNOS. The second-order valence-electron chi connectivity index (χ2n) is 3.69. The van der Waals surface area contributed by atoms with Gasteiger partial charge in [-0.2, -0.15) is 0 Å². The van der Waals surface area contributed by atoms with E-state index in [1.54, 1.807) is 23.5 Å². The summed E-state index contributed by atoms with van der Waals surface area (Å²) in [5, 5.41) is 4.72. The number of carbonyl (C=O) groups excluding carboxylic acids is 1. The third-order valence-electron chi connectivity index (χ3n) is 2.44. The zero-order valence-corrected chi connectivity index (χ0v) is 10.1. The summed E-state index contributed by atoms with van der Waals surface area (Å²) in [6, 6.07) is 9.73. The summed E-state index contributed by atoms with van der Waals surface area (Å²) < 4.78 is 13.4. The Morgan fingerprint density at radius 3 is 2.71 bits per heavy atom. The van der Waals surface area contributed by atoms with Crippen molar-refractivity contribution in [2.24, 2.45) is 0 Å². The molecule has 0 bridgehead atoms. The molecule has 1 aromatic heterocycles. The van der Waals surface area contributed by atoms with E-state index in [2.05, 4.69) is 5.32 Å². The average Bonchev–Trinajstić information content (AvgIpc) is 2.82. The van der Waals surface area contributed by atoms with E-state index in [0.29, 0.717) is 0 Å². The van der Waals surface area contributed by atoms with Crippen molar-refractivity contribution in [3.63, 3.8) is 0 Å². The molecule has 0 aliphatic carbocycles. The Hall–Kier alpha value is -1.68. The van der Waals surface area contributed by atoms with E-state index in [0.717, 1.165) is 4.88 Å². The van der Waals surface area contributed by atoms with E-state index in [9.17, 15) is 9.18 Å². The topological polar surface area (TPSA) is 29.1 Å². The fourth-order valence-corrected chi connectivity index (χ4v) is 2.26. The van der Waals surface area contributed by atoms with Crippen molar-refractivity contribution in [1.82, 2.24) is 5.32 Å². The third kappa shape index (κ3) is 2.71. The molecule has 0 aliphatic rings. The van der Waals surface area contributed by atoms with Crippen molar-refractivity contribution in [2.45, 2.75) is 13.0 Å². The van der Waals surface area contributed by atoms with Gasteiger partial charge in [0.1, 0.15) is 5.82 Å². The Labute approximate surface area is 103 Å².